The van der Waals surface area contributed by atoms with Gasteiger partial charge in [0.05, 0.1) is 5.60 Å². The van der Waals surface area contributed by atoms with Crippen molar-refractivity contribution in [3.05, 3.63) is 35.4 Å². The van der Waals surface area contributed by atoms with Crippen molar-refractivity contribution in [3.63, 3.8) is 0 Å². The van der Waals surface area contributed by atoms with Crippen LogP contribution in [0.15, 0.2) is 29.8 Å². The zero-order valence-electron chi connectivity index (χ0n) is 13.9. The quantitative estimate of drug-likeness (QED) is 0.619. The lowest BCUT2D eigenvalue weighted by molar-refractivity contribution is -0.131. The zero-order chi connectivity index (χ0) is 16.0. The van der Waals surface area contributed by atoms with Crippen molar-refractivity contribution < 1.29 is 14.3 Å². The molecule has 3 heteroatoms. The van der Waals surface area contributed by atoms with Crippen LogP contribution in [-0.4, -0.2) is 18.7 Å². The summed E-state index contributed by atoms with van der Waals surface area (Å²) in [5.74, 6) is 2.69. The van der Waals surface area contributed by atoms with Gasteiger partial charge in [-0.2, -0.15) is 0 Å². The monoisotopic (exact) mass is 312 g/mol. The minimum Gasteiger partial charge on any atom is -0.427 e. The summed E-state index contributed by atoms with van der Waals surface area (Å²) in [5, 5.41) is 0. The summed E-state index contributed by atoms with van der Waals surface area (Å²) in [7, 11) is 1.87. The largest absolute Gasteiger partial charge is 0.427 e. The lowest BCUT2D eigenvalue weighted by atomic mass is 9.52. The molecule has 2 atom stereocenters. The van der Waals surface area contributed by atoms with Crippen LogP contribution < -0.4 is 4.74 Å². The molecule has 4 aliphatic rings. The number of rotatable bonds is 3. The predicted molar refractivity (Wildman–Crippen MR) is 89.0 cm³/mol. The van der Waals surface area contributed by atoms with E-state index in [9.17, 15) is 4.79 Å². The van der Waals surface area contributed by atoms with Crippen LogP contribution in [0.1, 0.15) is 44.6 Å². The van der Waals surface area contributed by atoms with Gasteiger partial charge in [0.1, 0.15) is 5.75 Å². The Bertz CT molecular complexity index is 647. The number of benzene rings is 1. The Morgan fingerprint density at radius 2 is 1.96 bits per heavy atom. The van der Waals surface area contributed by atoms with Crippen LogP contribution in [0.2, 0.25) is 0 Å². The average Bonchev–Trinajstić information content (AvgIpc) is 2.50. The van der Waals surface area contributed by atoms with Gasteiger partial charge in [0.2, 0.25) is 0 Å². The first-order valence-electron chi connectivity index (χ1n) is 8.64. The highest BCUT2D eigenvalue weighted by atomic mass is 16.5. The van der Waals surface area contributed by atoms with Gasteiger partial charge in [0.15, 0.2) is 0 Å². The van der Waals surface area contributed by atoms with Gasteiger partial charge in [-0.3, -0.25) is 4.79 Å². The molecule has 1 aromatic rings. The number of carbonyl (C=O) groups is 1. The van der Waals surface area contributed by atoms with Gasteiger partial charge in [-0.1, -0.05) is 18.2 Å². The summed E-state index contributed by atoms with van der Waals surface area (Å²) in [4.78, 5) is 11.2. The van der Waals surface area contributed by atoms with Gasteiger partial charge in [-0.05, 0) is 73.1 Å². The highest BCUT2D eigenvalue weighted by Crippen LogP contribution is 2.59. The van der Waals surface area contributed by atoms with E-state index in [1.54, 1.807) is 0 Å². The maximum Gasteiger partial charge on any atom is 0.308 e. The third-order valence-corrected chi connectivity index (χ3v) is 5.94. The van der Waals surface area contributed by atoms with Gasteiger partial charge >= 0.3 is 5.97 Å². The molecule has 1 aromatic carbocycles. The van der Waals surface area contributed by atoms with Gasteiger partial charge in [0, 0.05) is 14.0 Å². The number of hydrogen-bond donors (Lipinski definition) is 0. The van der Waals surface area contributed by atoms with Crippen molar-refractivity contribution >= 4 is 12.0 Å². The molecule has 4 fully saturated rings. The molecule has 23 heavy (non-hydrogen) atoms. The van der Waals surface area contributed by atoms with E-state index < -0.39 is 0 Å². The molecule has 0 aromatic heterocycles. The van der Waals surface area contributed by atoms with Gasteiger partial charge < -0.3 is 9.47 Å². The second-order valence-corrected chi connectivity index (χ2v) is 7.51. The first kappa shape index (κ1) is 14.9. The van der Waals surface area contributed by atoms with Crippen LogP contribution in [0.4, 0.5) is 0 Å². The van der Waals surface area contributed by atoms with Crippen molar-refractivity contribution in [1.82, 2.24) is 0 Å². The fourth-order valence-electron chi connectivity index (χ4n) is 5.32. The van der Waals surface area contributed by atoms with E-state index >= 15 is 0 Å². The molecule has 0 spiro atoms. The lowest BCUT2D eigenvalue weighted by Gasteiger charge is -2.57. The van der Waals surface area contributed by atoms with Crippen molar-refractivity contribution in [2.24, 2.45) is 17.8 Å². The summed E-state index contributed by atoms with van der Waals surface area (Å²) in [5.41, 5.74) is 2.52. The zero-order valence-corrected chi connectivity index (χ0v) is 13.9. The van der Waals surface area contributed by atoms with Crippen LogP contribution in [0.3, 0.4) is 0 Å². The molecule has 4 aliphatic carbocycles. The Kier molecular flexibility index (Phi) is 3.56. The molecule has 4 saturated carbocycles. The third-order valence-electron chi connectivity index (χ3n) is 5.94. The maximum absolute atomic E-state index is 11.2. The maximum atomic E-state index is 11.2. The summed E-state index contributed by atoms with van der Waals surface area (Å²) in [6, 6.07) is 7.80. The second-order valence-electron chi connectivity index (χ2n) is 7.51. The average molecular weight is 312 g/mol. The fourth-order valence-corrected chi connectivity index (χ4v) is 5.32. The molecule has 0 N–H and O–H groups in total. The van der Waals surface area contributed by atoms with Crippen molar-refractivity contribution in [1.29, 1.82) is 0 Å². The van der Waals surface area contributed by atoms with Crippen molar-refractivity contribution in [3.8, 4) is 5.75 Å². The summed E-state index contributed by atoms with van der Waals surface area (Å²) in [6.45, 7) is 1.43. The number of hydrogen-bond acceptors (Lipinski definition) is 3. The molecular formula is C20H24O3. The van der Waals surface area contributed by atoms with Crippen LogP contribution in [-0.2, 0) is 9.53 Å². The molecule has 2 unspecified atom stereocenters. The van der Waals surface area contributed by atoms with E-state index in [1.165, 1.54) is 44.6 Å². The number of ether oxygens (including phenoxy) is 2. The Morgan fingerprint density at radius 3 is 2.61 bits per heavy atom. The minimum atomic E-state index is -0.280. The first-order chi connectivity index (χ1) is 11.1. The number of carbonyl (C=O) groups excluding carboxylic acids is 1. The van der Waals surface area contributed by atoms with E-state index in [0.717, 1.165) is 17.4 Å². The number of esters is 1. The summed E-state index contributed by atoms with van der Waals surface area (Å²) < 4.78 is 11.3. The van der Waals surface area contributed by atoms with Gasteiger partial charge in [0.25, 0.3) is 0 Å². The molecule has 3 nitrogen and oxygen atoms in total. The van der Waals surface area contributed by atoms with Crippen molar-refractivity contribution in [2.45, 2.75) is 44.6 Å². The SMILES string of the molecule is COC12CC3CC(CC(C3)C1=Cc1cccc(OC(C)=O)c1)C2. The Morgan fingerprint density at radius 1 is 1.22 bits per heavy atom. The second kappa shape index (κ2) is 5.48. The van der Waals surface area contributed by atoms with E-state index in [4.69, 9.17) is 9.47 Å². The van der Waals surface area contributed by atoms with E-state index in [0.29, 0.717) is 11.7 Å². The van der Waals surface area contributed by atoms with Crippen LogP contribution >= 0.6 is 0 Å². The molecule has 5 rings (SSSR count). The Balaban J connectivity index is 1.68. The van der Waals surface area contributed by atoms with E-state index in [2.05, 4.69) is 12.1 Å². The smallest absolute Gasteiger partial charge is 0.308 e. The predicted octanol–water partition coefficient (Wildman–Crippen LogP) is 4.22. The summed E-state index contributed by atoms with van der Waals surface area (Å²) >= 11 is 0. The normalized spacial score (nSPS) is 36.4. The molecule has 4 bridgehead atoms. The van der Waals surface area contributed by atoms with E-state index in [1.807, 2.05) is 25.3 Å². The van der Waals surface area contributed by atoms with Crippen LogP contribution in [0, 0.1) is 17.8 Å². The molecule has 122 valence electrons. The van der Waals surface area contributed by atoms with Crippen LogP contribution in [0.5, 0.6) is 5.75 Å². The van der Waals surface area contributed by atoms with Crippen molar-refractivity contribution in [2.75, 3.05) is 7.11 Å². The molecule has 0 aliphatic heterocycles. The first-order valence-corrected chi connectivity index (χ1v) is 8.64. The molecule has 0 heterocycles. The lowest BCUT2D eigenvalue weighted by Crippen LogP contribution is -2.53. The number of methoxy groups -OCH3 is 1. The highest BCUT2D eigenvalue weighted by molar-refractivity contribution is 5.70. The fraction of sp³-hybridized carbons (Fsp3) is 0.550. The molecule has 0 saturated heterocycles. The minimum absolute atomic E-state index is 0.0494. The Labute approximate surface area is 137 Å². The van der Waals surface area contributed by atoms with E-state index in [-0.39, 0.29) is 11.6 Å². The molecule has 0 radical (unpaired) electrons. The summed E-state index contributed by atoms with van der Waals surface area (Å²) in [6.07, 6.45) is 8.67. The highest BCUT2D eigenvalue weighted by Gasteiger charge is 2.54. The van der Waals surface area contributed by atoms with Gasteiger partial charge in [-0.15, -0.1) is 0 Å². The topological polar surface area (TPSA) is 35.5 Å². The van der Waals surface area contributed by atoms with Crippen LogP contribution in [0.25, 0.3) is 6.08 Å². The standard InChI is InChI=1S/C20H24O3/c1-13(21)23-18-5-3-4-14(9-18)10-19-17-7-15-6-16(8-17)12-20(19,11-15)22-2/h3-5,9-10,15-17H,6-8,11-12H2,1-2H3. The molecular weight excluding hydrogens is 288 g/mol. The Hall–Kier alpha value is -1.61. The molecule has 0 amide bonds. The third kappa shape index (κ3) is 2.61. The van der Waals surface area contributed by atoms with Gasteiger partial charge in [-0.25, -0.2) is 0 Å².